The van der Waals surface area contributed by atoms with Gasteiger partial charge in [-0.15, -0.1) is 0 Å². The first-order valence-electron chi connectivity index (χ1n) is 7.95. The first kappa shape index (κ1) is 18.8. The first-order chi connectivity index (χ1) is 13.0. The molecule has 1 heterocycles. The normalized spacial score (nSPS) is 16.6. The third-order valence-corrected chi connectivity index (χ3v) is 5.49. The summed E-state index contributed by atoms with van der Waals surface area (Å²) in [6.07, 6.45) is 0. The molecule has 0 aromatic heterocycles. The number of rotatable bonds is 3. The lowest BCUT2D eigenvalue weighted by molar-refractivity contribution is 0.604. The van der Waals surface area contributed by atoms with Gasteiger partial charge in [0.05, 0.1) is 34.2 Å². The molecule has 2 aromatic carbocycles. The quantitative estimate of drug-likeness (QED) is 0.785. The predicted octanol–water partition coefficient (Wildman–Crippen LogP) is 4.70. The van der Waals surface area contributed by atoms with E-state index in [1.807, 2.05) is 37.3 Å². The fraction of sp³-hybridized carbons (Fsp3) is 0.100. The Morgan fingerprint density at radius 1 is 1.11 bits per heavy atom. The van der Waals surface area contributed by atoms with Crippen molar-refractivity contribution in [1.29, 1.82) is 10.5 Å². The molecule has 1 atom stereocenters. The zero-order chi connectivity index (χ0) is 19.6. The number of dihydropyridines is 1. The van der Waals surface area contributed by atoms with E-state index in [2.05, 4.69) is 11.4 Å². The number of benzene rings is 2. The Labute approximate surface area is 165 Å². The van der Waals surface area contributed by atoms with E-state index in [4.69, 9.17) is 17.3 Å². The lowest BCUT2D eigenvalue weighted by atomic mass is 9.84. The van der Waals surface area contributed by atoms with Gasteiger partial charge in [0.1, 0.15) is 11.6 Å². The molecule has 3 rings (SSSR count). The van der Waals surface area contributed by atoms with Crippen LogP contribution in [0.25, 0.3) is 0 Å². The van der Waals surface area contributed by atoms with E-state index in [0.29, 0.717) is 5.03 Å². The van der Waals surface area contributed by atoms with Crippen molar-refractivity contribution in [1.82, 2.24) is 5.32 Å². The number of nitrogens with zero attached hydrogens (tertiary/aromatic N) is 2. The number of thioether (sulfide) groups is 1. The van der Waals surface area contributed by atoms with Crippen LogP contribution in [0.15, 0.2) is 69.4 Å². The van der Waals surface area contributed by atoms with Crippen LogP contribution in [0.4, 0.5) is 4.39 Å². The first-order valence-corrected chi connectivity index (χ1v) is 9.15. The summed E-state index contributed by atoms with van der Waals surface area (Å²) < 4.78 is 14.6. The van der Waals surface area contributed by atoms with Gasteiger partial charge >= 0.3 is 0 Å². The second-order valence-electron chi connectivity index (χ2n) is 5.90. The molecule has 0 amide bonds. The SMILES string of the molecule is Cc1ccc(SC2=C(C#N)C(c3c(F)cccc3Cl)C(C#N)=C(N)N2)cc1. The maximum absolute atomic E-state index is 14.6. The van der Waals surface area contributed by atoms with Crippen LogP contribution in [0, 0.1) is 35.4 Å². The Bertz CT molecular complexity index is 1020. The van der Waals surface area contributed by atoms with Crippen molar-refractivity contribution in [2.45, 2.75) is 17.7 Å². The van der Waals surface area contributed by atoms with Crippen molar-refractivity contribution in [3.8, 4) is 12.1 Å². The summed E-state index contributed by atoms with van der Waals surface area (Å²) in [5.41, 5.74) is 7.45. The van der Waals surface area contributed by atoms with Gasteiger partial charge in [-0.1, -0.05) is 47.1 Å². The summed E-state index contributed by atoms with van der Waals surface area (Å²) in [4.78, 5) is 0.877. The summed E-state index contributed by atoms with van der Waals surface area (Å²) in [5.74, 6) is -1.49. The van der Waals surface area contributed by atoms with Crippen LogP contribution in [-0.4, -0.2) is 0 Å². The van der Waals surface area contributed by atoms with Gasteiger partial charge in [-0.05, 0) is 31.2 Å². The third kappa shape index (κ3) is 3.64. The lowest BCUT2D eigenvalue weighted by Crippen LogP contribution is -2.29. The molecule has 0 fully saturated rings. The van der Waals surface area contributed by atoms with Gasteiger partial charge in [0.15, 0.2) is 0 Å². The topological polar surface area (TPSA) is 85.6 Å². The molecule has 134 valence electrons. The van der Waals surface area contributed by atoms with Gasteiger partial charge in [0.25, 0.3) is 0 Å². The summed E-state index contributed by atoms with van der Waals surface area (Å²) in [6, 6.07) is 16.0. The summed E-state index contributed by atoms with van der Waals surface area (Å²) in [6.45, 7) is 1.98. The van der Waals surface area contributed by atoms with Gasteiger partial charge in [-0.3, -0.25) is 0 Å². The van der Waals surface area contributed by atoms with Crippen LogP contribution in [0.2, 0.25) is 5.02 Å². The van der Waals surface area contributed by atoms with Crippen LogP contribution in [0.3, 0.4) is 0 Å². The van der Waals surface area contributed by atoms with Gasteiger partial charge in [0.2, 0.25) is 0 Å². The van der Waals surface area contributed by atoms with Crippen molar-refractivity contribution >= 4 is 23.4 Å². The molecule has 0 saturated heterocycles. The summed E-state index contributed by atoms with van der Waals surface area (Å²) in [5, 5.41) is 22.8. The standard InChI is InChI=1S/C20H14ClFN4S/c1-11-5-7-12(8-6-11)27-20-14(10-24)17(13(9-23)19(25)26-20)18-15(21)3-2-4-16(18)22/h2-8,17,26H,25H2,1H3. The number of halogens is 2. The second kappa shape index (κ2) is 7.75. The summed E-state index contributed by atoms with van der Waals surface area (Å²) in [7, 11) is 0. The molecule has 4 nitrogen and oxygen atoms in total. The highest BCUT2D eigenvalue weighted by Gasteiger charge is 2.34. The molecule has 2 aromatic rings. The molecule has 1 aliphatic rings. The zero-order valence-corrected chi connectivity index (χ0v) is 15.8. The maximum Gasteiger partial charge on any atom is 0.128 e. The highest BCUT2D eigenvalue weighted by Crippen LogP contribution is 2.44. The second-order valence-corrected chi connectivity index (χ2v) is 7.39. The minimum Gasteiger partial charge on any atom is -0.384 e. The molecule has 1 aliphatic heterocycles. The van der Waals surface area contributed by atoms with Crippen molar-refractivity contribution in [3.63, 3.8) is 0 Å². The number of nitrogens with one attached hydrogen (secondary N) is 1. The van der Waals surface area contributed by atoms with Crippen LogP contribution >= 0.6 is 23.4 Å². The van der Waals surface area contributed by atoms with E-state index in [1.54, 1.807) is 0 Å². The number of hydrogen-bond donors (Lipinski definition) is 2. The minimum atomic E-state index is -0.970. The fourth-order valence-electron chi connectivity index (χ4n) is 2.81. The highest BCUT2D eigenvalue weighted by atomic mass is 35.5. The smallest absolute Gasteiger partial charge is 0.128 e. The maximum atomic E-state index is 14.6. The van der Waals surface area contributed by atoms with Crippen LogP contribution in [-0.2, 0) is 0 Å². The number of nitriles is 2. The Hall–Kier alpha value is -2.93. The highest BCUT2D eigenvalue weighted by molar-refractivity contribution is 8.03. The molecule has 0 radical (unpaired) electrons. The van der Waals surface area contributed by atoms with Crippen molar-refractivity contribution in [2.24, 2.45) is 5.73 Å². The molecular weight excluding hydrogens is 383 g/mol. The van der Waals surface area contributed by atoms with Crippen LogP contribution in [0.5, 0.6) is 0 Å². The van der Waals surface area contributed by atoms with Gasteiger partial charge < -0.3 is 11.1 Å². The zero-order valence-electron chi connectivity index (χ0n) is 14.3. The molecule has 0 saturated carbocycles. The molecular formula is C20H14ClFN4S. The number of nitrogens with two attached hydrogens (primary N) is 1. The van der Waals surface area contributed by atoms with E-state index >= 15 is 0 Å². The largest absolute Gasteiger partial charge is 0.384 e. The molecule has 0 aliphatic carbocycles. The lowest BCUT2D eigenvalue weighted by Gasteiger charge is -2.27. The van der Waals surface area contributed by atoms with E-state index in [9.17, 15) is 14.9 Å². The average Bonchev–Trinajstić information content (AvgIpc) is 2.63. The number of hydrogen-bond acceptors (Lipinski definition) is 5. The van der Waals surface area contributed by atoms with E-state index < -0.39 is 11.7 Å². The Morgan fingerprint density at radius 2 is 1.78 bits per heavy atom. The van der Waals surface area contributed by atoms with E-state index in [0.717, 1.165) is 10.5 Å². The fourth-order valence-corrected chi connectivity index (χ4v) is 4.02. The predicted molar refractivity (Wildman–Crippen MR) is 104 cm³/mol. The average molecular weight is 397 g/mol. The molecule has 27 heavy (non-hydrogen) atoms. The number of aryl methyl sites for hydroxylation is 1. The molecule has 0 bridgehead atoms. The van der Waals surface area contributed by atoms with E-state index in [-0.39, 0.29) is 27.6 Å². The van der Waals surface area contributed by atoms with Crippen molar-refractivity contribution < 1.29 is 4.39 Å². The Morgan fingerprint density at radius 3 is 2.37 bits per heavy atom. The van der Waals surface area contributed by atoms with E-state index in [1.165, 1.54) is 30.0 Å². The third-order valence-electron chi connectivity index (χ3n) is 4.13. The van der Waals surface area contributed by atoms with Gasteiger partial charge in [-0.25, -0.2) is 4.39 Å². The van der Waals surface area contributed by atoms with Gasteiger partial charge in [0, 0.05) is 15.5 Å². The molecule has 1 unspecified atom stereocenters. The molecule has 3 N–H and O–H groups in total. The van der Waals surface area contributed by atoms with Gasteiger partial charge in [-0.2, -0.15) is 10.5 Å². The van der Waals surface area contributed by atoms with Crippen molar-refractivity contribution in [3.05, 3.63) is 86.4 Å². The Kier molecular flexibility index (Phi) is 5.41. The monoisotopic (exact) mass is 396 g/mol. The summed E-state index contributed by atoms with van der Waals surface area (Å²) >= 11 is 7.50. The van der Waals surface area contributed by atoms with Crippen LogP contribution in [0.1, 0.15) is 17.0 Å². The minimum absolute atomic E-state index is 0.0619. The number of allylic oxidation sites excluding steroid dienone is 2. The molecule has 7 heteroatoms. The van der Waals surface area contributed by atoms with Crippen molar-refractivity contribution in [2.75, 3.05) is 0 Å². The Balaban J connectivity index is 2.16. The molecule has 0 spiro atoms. The van der Waals surface area contributed by atoms with Crippen LogP contribution < -0.4 is 11.1 Å².